The van der Waals surface area contributed by atoms with E-state index in [2.05, 4.69) is 30.4 Å². The average Bonchev–Trinajstić information content (AvgIpc) is 3.41. The number of nitrogens with one attached hydrogen (secondary N) is 1. The minimum Gasteiger partial charge on any atom is -0.366 e. The summed E-state index contributed by atoms with van der Waals surface area (Å²) in [6.07, 6.45) is -1.40. The maximum Gasteiger partial charge on any atom is 0.451 e. The molecule has 4 heterocycles. The SMILES string of the molecule is FC(F)Cn1ncc2ncc(NC3C[C@@H]4CN(c5ccnc(C(F)(F)F)n5)C[C@@H]4C3)nc21. The van der Waals surface area contributed by atoms with Crippen molar-refractivity contribution >= 4 is 22.8 Å². The van der Waals surface area contributed by atoms with Crippen LogP contribution in [-0.2, 0) is 12.7 Å². The van der Waals surface area contributed by atoms with Gasteiger partial charge in [-0.2, -0.15) is 18.3 Å². The van der Waals surface area contributed by atoms with Gasteiger partial charge in [-0.05, 0) is 30.7 Å². The summed E-state index contributed by atoms with van der Waals surface area (Å²) >= 11 is 0. The van der Waals surface area contributed by atoms with E-state index in [0.29, 0.717) is 41.9 Å². The zero-order valence-corrected chi connectivity index (χ0v) is 16.7. The highest BCUT2D eigenvalue weighted by Crippen LogP contribution is 2.40. The molecule has 2 aliphatic rings. The molecule has 0 aromatic carbocycles. The van der Waals surface area contributed by atoms with Crippen LogP contribution in [0.25, 0.3) is 11.2 Å². The Hall–Kier alpha value is -3.12. The third kappa shape index (κ3) is 4.02. The molecule has 32 heavy (non-hydrogen) atoms. The Kier molecular flexibility index (Phi) is 5.05. The van der Waals surface area contributed by atoms with Gasteiger partial charge in [0.25, 0.3) is 6.43 Å². The van der Waals surface area contributed by atoms with Crippen LogP contribution < -0.4 is 10.2 Å². The summed E-state index contributed by atoms with van der Waals surface area (Å²) in [5.41, 5.74) is 0.738. The van der Waals surface area contributed by atoms with Crippen LogP contribution in [-0.4, -0.2) is 55.3 Å². The van der Waals surface area contributed by atoms with Crippen molar-refractivity contribution in [1.29, 1.82) is 0 Å². The maximum absolute atomic E-state index is 12.9. The smallest absolute Gasteiger partial charge is 0.366 e. The van der Waals surface area contributed by atoms with Crippen LogP contribution in [0.4, 0.5) is 33.6 Å². The van der Waals surface area contributed by atoms with Gasteiger partial charge in [-0.15, -0.1) is 0 Å². The average molecular weight is 454 g/mol. The molecule has 8 nitrogen and oxygen atoms in total. The molecular formula is C19H19F5N8. The number of alkyl halides is 5. The number of anilines is 2. The van der Waals surface area contributed by atoms with Crippen LogP contribution in [0.2, 0.25) is 0 Å². The number of hydrogen-bond acceptors (Lipinski definition) is 7. The highest BCUT2D eigenvalue weighted by molar-refractivity contribution is 5.71. The molecule has 1 aliphatic carbocycles. The number of nitrogens with zero attached hydrogens (tertiary/aromatic N) is 7. The molecule has 0 spiro atoms. The Morgan fingerprint density at radius 3 is 2.50 bits per heavy atom. The number of halogens is 5. The molecule has 0 radical (unpaired) electrons. The Labute approximate surface area is 178 Å². The minimum absolute atomic E-state index is 0.113. The van der Waals surface area contributed by atoms with Gasteiger partial charge < -0.3 is 10.2 Å². The third-order valence-corrected chi connectivity index (χ3v) is 5.98. The molecule has 13 heteroatoms. The van der Waals surface area contributed by atoms with Crippen molar-refractivity contribution in [3.8, 4) is 0 Å². The van der Waals surface area contributed by atoms with Crippen molar-refractivity contribution in [2.24, 2.45) is 11.8 Å². The van der Waals surface area contributed by atoms with Crippen LogP contribution in [0, 0.1) is 11.8 Å². The number of aromatic nitrogens is 6. The molecule has 3 aromatic heterocycles. The fourth-order valence-corrected chi connectivity index (χ4v) is 4.66. The number of fused-ring (bicyclic) bond motifs is 2. The molecule has 170 valence electrons. The van der Waals surface area contributed by atoms with Gasteiger partial charge in [-0.1, -0.05) is 0 Å². The molecule has 5 rings (SSSR count). The van der Waals surface area contributed by atoms with Gasteiger partial charge in [0.05, 0.1) is 12.4 Å². The lowest BCUT2D eigenvalue weighted by atomic mass is 10.0. The first kappa shape index (κ1) is 20.8. The van der Waals surface area contributed by atoms with E-state index in [1.807, 2.05) is 4.90 Å². The molecule has 1 unspecified atom stereocenters. The van der Waals surface area contributed by atoms with Crippen LogP contribution >= 0.6 is 0 Å². The van der Waals surface area contributed by atoms with Crippen molar-refractivity contribution in [2.75, 3.05) is 23.3 Å². The Morgan fingerprint density at radius 1 is 1.06 bits per heavy atom. The topological polar surface area (TPSA) is 84.7 Å². The summed E-state index contributed by atoms with van der Waals surface area (Å²) in [6.45, 7) is 0.677. The summed E-state index contributed by atoms with van der Waals surface area (Å²) in [4.78, 5) is 17.5. The molecule has 1 aliphatic heterocycles. The second-order valence-electron chi connectivity index (χ2n) is 8.16. The lowest BCUT2D eigenvalue weighted by Crippen LogP contribution is -2.26. The highest BCUT2D eigenvalue weighted by Gasteiger charge is 2.42. The predicted molar refractivity (Wildman–Crippen MR) is 104 cm³/mol. The maximum atomic E-state index is 12.9. The first-order valence-electron chi connectivity index (χ1n) is 10.1. The van der Waals surface area contributed by atoms with E-state index in [9.17, 15) is 22.0 Å². The van der Waals surface area contributed by atoms with Gasteiger partial charge in [0.15, 0.2) is 5.65 Å². The second kappa shape index (κ2) is 7.78. The third-order valence-electron chi connectivity index (χ3n) is 5.98. The summed E-state index contributed by atoms with van der Waals surface area (Å²) < 4.78 is 65.3. The number of hydrogen-bond donors (Lipinski definition) is 1. The molecule has 1 N–H and O–H groups in total. The van der Waals surface area contributed by atoms with Crippen LogP contribution in [0.3, 0.4) is 0 Å². The first-order valence-corrected chi connectivity index (χ1v) is 10.1. The standard InChI is InChI=1S/C19H19F5N8/c20-14(21)9-32-17-13(5-27-32)26-6-15(29-17)28-12-3-10-7-31(8-11(10)4-12)16-1-2-25-18(30-16)19(22,23)24/h1-2,5-6,10-12,14H,3-4,7-9H2,(H,28,29)/t10-,11+,12?. The van der Waals surface area contributed by atoms with E-state index >= 15 is 0 Å². The van der Waals surface area contributed by atoms with Gasteiger partial charge in [-0.25, -0.2) is 33.4 Å². The Morgan fingerprint density at radius 2 is 1.81 bits per heavy atom. The largest absolute Gasteiger partial charge is 0.451 e. The van der Waals surface area contributed by atoms with Crippen LogP contribution in [0.1, 0.15) is 18.7 Å². The molecule has 3 atom stereocenters. The van der Waals surface area contributed by atoms with Gasteiger partial charge in [-0.3, -0.25) is 0 Å². The predicted octanol–water partition coefficient (Wildman–Crippen LogP) is 3.23. The Bertz CT molecular complexity index is 1100. The fraction of sp³-hybridized carbons (Fsp3) is 0.526. The van der Waals surface area contributed by atoms with E-state index in [1.165, 1.54) is 12.3 Å². The minimum atomic E-state index is -4.58. The van der Waals surface area contributed by atoms with E-state index in [0.717, 1.165) is 23.7 Å². The first-order chi connectivity index (χ1) is 15.3. The van der Waals surface area contributed by atoms with E-state index in [-0.39, 0.29) is 11.9 Å². The zero-order chi connectivity index (χ0) is 22.5. The monoisotopic (exact) mass is 454 g/mol. The number of rotatable bonds is 5. The normalized spacial score (nSPS) is 23.3. The Balaban J connectivity index is 1.23. The molecule has 2 fully saturated rings. The zero-order valence-electron chi connectivity index (χ0n) is 16.7. The molecule has 1 saturated carbocycles. The summed E-state index contributed by atoms with van der Waals surface area (Å²) in [7, 11) is 0. The van der Waals surface area contributed by atoms with E-state index in [1.54, 1.807) is 6.20 Å². The molecule has 1 saturated heterocycles. The van der Waals surface area contributed by atoms with Crippen molar-refractivity contribution < 1.29 is 22.0 Å². The van der Waals surface area contributed by atoms with Crippen molar-refractivity contribution in [3.63, 3.8) is 0 Å². The molecule has 3 aromatic rings. The molecule has 0 amide bonds. The van der Waals surface area contributed by atoms with Gasteiger partial charge in [0.1, 0.15) is 23.7 Å². The summed E-state index contributed by atoms with van der Waals surface area (Å²) in [5, 5.41) is 7.23. The van der Waals surface area contributed by atoms with Gasteiger partial charge >= 0.3 is 6.18 Å². The van der Waals surface area contributed by atoms with Gasteiger partial charge in [0.2, 0.25) is 5.82 Å². The van der Waals surface area contributed by atoms with Crippen molar-refractivity contribution in [3.05, 3.63) is 30.5 Å². The van der Waals surface area contributed by atoms with E-state index < -0.39 is 25.0 Å². The van der Waals surface area contributed by atoms with Crippen molar-refractivity contribution in [1.82, 2.24) is 29.7 Å². The second-order valence-corrected chi connectivity index (χ2v) is 8.16. The van der Waals surface area contributed by atoms with Crippen LogP contribution in [0.5, 0.6) is 0 Å². The summed E-state index contributed by atoms with van der Waals surface area (Å²) in [6, 6.07) is 1.61. The quantitative estimate of drug-likeness (QED) is 0.593. The molecule has 0 bridgehead atoms. The highest BCUT2D eigenvalue weighted by atomic mass is 19.4. The lowest BCUT2D eigenvalue weighted by molar-refractivity contribution is -0.144. The fourth-order valence-electron chi connectivity index (χ4n) is 4.66. The van der Waals surface area contributed by atoms with Gasteiger partial charge in [0, 0.05) is 25.3 Å². The van der Waals surface area contributed by atoms with Crippen molar-refractivity contribution in [2.45, 2.75) is 38.0 Å². The molecular weight excluding hydrogens is 435 g/mol. The summed E-state index contributed by atoms with van der Waals surface area (Å²) in [5.74, 6) is 0.248. The van der Waals surface area contributed by atoms with Crippen LogP contribution in [0.15, 0.2) is 24.7 Å². The van der Waals surface area contributed by atoms with E-state index in [4.69, 9.17) is 0 Å². The lowest BCUT2D eigenvalue weighted by Gasteiger charge is -2.21.